The molecule has 0 amide bonds. The second-order valence-electron chi connectivity index (χ2n) is 4.93. The maximum Gasteiger partial charge on any atom is 0.152 e. The first kappa shape index (κ1) is 11.7. The predicted molar refractivity (Wildman–Crippen MR) is 59.3 cm³/mol. The van der Waals surface area contributed by atoms with Crippen molar-refractivity contribution >= 4 is 5.78 Å². The molecule has 0 saturated heterocycles. The van der Waals surface area contributed by atoms with E-state index >= 15 is 0 Å². The summed E-state index contributed by atoms with van der Waals surface area (Å²) < 4.78 is 0. The number of carbonyl (C=O) groups excluding carboxylic acids is 1. The molecule has 0 heterocycles. The van der Waals surface area contributed by atoms with Crippen molar-refractivity contribution in [3.8, 4) is 0 Å². The van der Waals surface area contributed by atoms with Crippen LogP contribution < -0.4 is 0 Å². The number of hydrogen-bond acceptors (Lipinski definition) is 2. The summed E-state index contributed by atoms with van der Waals surface area (Å²) in [7, 11) is 4.00. The van der Waals surface area contributed by atoms with Gasteiger partial charge in [0.25, 0.3) is 0 Å². The Morgan fingerprint density at radius 3 is 2.36 bits per heavy atom. The smallest absolute Gasteiger partial charge is 0.152 e. The zero-order valence-corrected chi connectivity index (χ0v) is 9.97. The van der Waals surface area contributed by atoms with E-state index in [1.165, 1.54) is 12.8 Å². The number of ketones is 1. The van der Waals surface area contributed by atoms with Crippen molar-refractivity contribution in [3.63, 3.8) is 0 Å². The second kappa shape index (κ2) is 4.43. The SMILES string of the molecule is CCC(C)(C(=O)CCC1CC1)N(C)C. The van der Waals surface area contributed by atoms with E-state index in [0.717, 1.165) is 25.2 Å². The average Bonchev–Trinajstić information content (AvgIpc) is 2.95. The van der Waals surface area contributed by atoms with Gasteiger partial charge in [0.05, 0.1) is 5.54 Å². The lowest BCUT2D eigenvalue weighted by Gasteiger charge is -2.34. The molecule has 1 aliphatic rings. The third kappa shape index (κ3) is 2.57. The average molecular weight is 197 g/mol. The summed E-state index contributed by atoms with van der Waals surface area (Å²) in [5, 5.41) is 0. The second-order valence-corrected chi connectivity index (χ2v) is 4.93. The number of hydrogen-bond donors (Lipinski definition) is 0. The maximum absolute atomic E-state index is 12.0. The minimum atomic E-state index is -0.241. The molecule has 0 aromatic heterocycles. The molecule has 1 rings (SSSR count). The van der Waals surface area contributed by atoms with Crippen molar-refractivity contribution in [2.75, 3.05) is 14.1 Å². The lowest BCUT2D eigenvalue weighted by Crippen LogP contribution is -2.47. The normalized spacial score (nSPS) is 20.9. The van der Waals surface area contributed by atoms with Crippen LogP contribution in [0.25, 0.3) is 0 Å². The quantitative estimate of drug-likeness (QED) is 0.652. The molecule has 0 aromatic carbocycles. The molecule has 2 heteroatoms. The minimum Gasteiger partial charge on any atom is -0.298 e. The highest BCUT2D eigenvalue weighted by atomic mass is 16.1. The topological polar surface area (TPSA) is 20.3 Å². The van der Waals surface area contributed by atoms with Gasteiger partial charge < -0.3 is 0 Å². The summed E-state index contributed by atoms with van der Waals surface area (Å²) in [6.45, 7) is 4.15. The largest absolute Gasteiger partial charge is 0.298 e. The molecule has 0 spiro atoms. The van der Waals surface area contributed by atoms with Gasteiger partial charge in [0.1, 0.15) is 0 Å². The zero-order chi connectivity index (χ0) is 10.8. The molecule has 1 aliphatic carbocycles. The molecule has 14 heavy (non-hydrogen) atoms. The Labute approximate surface area is 87.7 Å². The number of Topliss-reactive ketones (excluding diaryl/α,β-unsaturated/α-hetero) is 1. The molecule has 0 radical (unpaired) electrons. The van der Waals surface area contributed by atoms with E-state index in [9.17, 15) is 4.79 Å². The molecule has 1 saturated carbocycles. The monoisotopic (exact) mass is 197 g/mol. The molecule has 82 valence electrons. The molecule has 1 fully saturated rings. The van der Waals surface area contributed by atoms with Crippen LogP contribution in [0.3, 0.4) is 0 Å². The summed E-state index contributed by atoms with van der Waals surface area (Å²) in [6, 6.07) is 0. The van der Waals surface area contributed by atoms with E-state index in [-0.39, 0.29) is 5.54 Å². The number of rotatable bonds is 6. The fraction of sp³-hybridized carbons (Fsp3) is 0.917. The van der Waals surface area contributed by atoms with Gasteiger partial charge >= 0.3 is 0 Å². The van der Waals surface area contributed by atoms with Crippen LogP contribution in [0.5, 0.6) is 0 Å². The van der Waals surface area contributed by atoms with Gasteiger partial charge in [-0.25, -0.2) is 0 Å². The van der Waals surface area contributed by atoms with Gasteiger partial charge in [-0.15, -0.1) is 0 Å². The molecular formula is C12H23NO. The van der Waals surface area contributed by atoms with Crippen LogP contribution >= 0.6 is 0 Å². The third-order valence-electron chi connectivity index (χ3n) is 3.75. The van der Waals surface area contributed by atoms with Gasteiger partial charge in [0.2, 0.25) is 0 Å². The van der Waals surface area contributed by atoms with E-state index in [4.69, 9.17) is 0 Å². The van der Waals surface area contributed by atoms with Crippen molar-refractivity contribution in [1.82, 2.24) is 4.90 Å². The first-order valence-electron chi connectivity index (χ1n) is 5.71. The Morgan fingerprint density at radius 1 is 1.43 bits per heavy atom. The summed E-state index contributed by atoms with van der Waals surface area (Å²) in [5.74, 6) is 1.28. The summed E-state index contributed by atoms with van der Waals surface area (Å²) >= 11 is 0. The van der Waals surface area contributed by atoms with Crippen LogP contribution in [0.15, 0.2) is 0 Å². The molecule has 1 atom stereocenters. The maximum atomic E-state index is 12.0. The van der Waals surface area contributed by atoms with Gasteiger partial charge in [-0.05, 0) is 39.8 Å². The number of likely N-dealkylation sites (N-methyl/N-ethyl adjacent to an activating group) is 1. The van der Waals surface area contributed by atoms with Gasteiger partial charge in [0.15, 0.2) is 5.78 Å². The Morgan fingerprint density at radius 2 is 2.00 bits per heavy atom. The van der Waals surface area contributed by atoms with E-state index in [1.807, 2.05) is 14.1 Å². The molecule has 2 nitrogen and oxygen atoms in total. The minimum absolute atomic E-state index is 0.241. The molecule has 1 unspecified atom stereocenters. The Balaban J connectivity index is 2.45. The molecular weight excluding hydrogens is 174 g/mol. The first-order chi connectivity index (χ1) is 6.50. The van der Waals surface area contributed by atoms with Crippen molar-refractivity contribution in [1.29, 1.82) is 0 Å². The van der Waals surface area contributed by atoms with Crippen molar-refractivity contribution in [2.45, 2.75) is 51.5 Å². The molecule has 0 bridgehead atoms. The van der Waals surface area contributed by atoms with Gasteiger partial charge in [0, 0.05) is 6.42 Å². The highest BCUT2D eigenvalue weighted by molar-refractivity contribution is 5.87. The van der Waals surface area contributed by atoms with E-state index in [0.29, 0.717) is 5.78 Å². The van der Waals surface area contributed by atoms with Crippen LogP contribution in [-0.4, -0.2) is 30.3 Å². The van der Waals surface area contributed by atoms with Gasteiger partial charge in [-0.3, -0.25) is 9.69 Å². The van der Waals surface area contributed by atoms with Crippen molar-refractivity contribution < 1.29 is 4.79 Å². The highest BCUT2D eigenvalue weighted by Crippen LogP contribution is 2.34. The van der Waals surface area contributed by atoms with Gasteiger partial charge in [-0.2, -0.15) is 0 Å². The molecule has 0 aliphatic heterocycles. The van der Waals surface area contributed by atoms with E-state index in [1.54, 1.807) is 0 Å². The number of nitrogens with zero attached hydrogens (tertiary/aromatic N) is 1. The van der Waals surface area contributed by atoms with E-state index < -0.39 is 0 Å². The molecule has 0 N–H and O–H groups in total. The zero-order valence-electron chi connectivity index (χ0n) is 9.97. The lowest BCUT2D eigenvalue weighted by molar-refractivity contribution is -0.129. The van der Waals surface area contributed by atoms with Crippen LogP contribution in [0.2, 0.25) is 0 Å². The van der Waals surface area contributed by atoms with Crippen LogP contribution in [0, 0.1) is 5.92 Å². The Bertz CT molecular complexity index is 208. The Hall–Kier alpha value is -0.370. The predicted octanol–water partition coefficient (Wildman–Crippen LogP) is 2.48. The van der Waals surface area contributed by atoms with Crippen LogP contribution in [0.4, 0.5) is 0 Å². The fourth-order valence-electron chi connectivity index (χ4n) is 1.77. The van der Waals surface area contributed by atoms with Crippen LogP contribution in [-0.2, 0) is 4.79 Å². The standard InChI is InChI=1S/C12H23NO/c1-5-12(2,13(3)4)11(14)9-8-10-6-7-10/h10H,5-9H2,1-4H3. The van der Waals surface area contributed by atoms with E-state index in [2.05, 4.69) is 18.7 Å². The summed E-state index contributed by atoms with van der Waals surface area (Å²) in [6.07, 6.45) is 5.48. The first-order valence-corrected chi connectivity index (χ1v) is 5.71. The fourth-order valence-corrected chi connectivity index (χ4v) is 1.77. The third-order valence-corrected chi connectivity index (χ3v) is 3.75. The number of carbonyl (C=O) groups is 1. The van der Waals surface area contributed by atoms with Crippen molar-refractivity contribution in [3.05, 3.63) is 0 Å². The van der Waals surface area contributed by atoms with Gasteiger partial charge in [-0.1, -0.05) is 19.8 Å². The molecule has 0 aromatic rings. The lowest BCUT2D eigenvalue weighted by atomic mass is 9.88. The van der Waals surface area contributed by atoms with Crippen molar-refractivity contribution in [2.24, 2.45) is 5.92 Å². The highest BCUT2D eigenvalue weighted by Gasteiger charge is 2.34. The summed E-state index contributed by atoms with van der Waals surface area (Å²) in [5.41, 5.74) is -0.241. The summed E-state index contributed by atoms with van der Waals surface area (Å²) in [4.78, 5) is 14.1. The Kier molecular flexibility index (Phi) is 3.71. The van der Waals surface area contributed by atoms with Crippen LogP contribution in [0.1, 0.15) is 46.0 Å².